The second kappa shape index (κ2) is 4.83. The van der Waals surface area contributed by atoms with Crippen LogP contribution < -0.4 is 35.3 Å². The second-order valence-electron chi connectivity index (χ2n) is 3.40. The number of phenols is 1. The summed E-state index contributed by atoms with van der Waals surface area (Å²) < 4.78 is 30.7. The van der Waals surface area contributed by atoms with E-state index in [4.69, 9.17) is 10.3 Å². The predicted octanol–water partition coefficient (Wildman–Crippen LogP) is -1.51. The molecule has 17 heavy (non-hydrogen) atoms. The van der Waals surface area contributed by atoms with Crippen molar-refractivity contribution in [2.75, 3.05) is 5.73 Å². The molecule has 0 bridgehead atoms. The Labute approximate surface area is 122 Å². The Morgan fingerprint density at radius 3 is 2.41 bits per heavy atom. The maximum Gasteiger partial charge on any atom is 1.00 e. The van der Waals surface area contributed by atoms with Crippen LogP contribution in [0.3, 0.4) is 0 Å². The van der Waals surface area contributed by atoms with Crippen LogP contribution in [0, 0.1) is 0 Å². The first-order valence-corrected chi connectivity index (χ1v) is 5.82. The predicted molar refractivity (Wildman–Crippen MR) is 61.0 cm³/mol. The third-order valence-electron chi connectivity index (χ3n) is 2.23. The van der Waals surface area contributed by atoms with Gasteiger partial charge in [-0.2, -0.15) is 8.42 Å². The molecule has 2 aromatic carbocycles. The molecule has 0 saturated carbocycles. The van der Waals surface area contributed by atoms with Crippen molar-refractivity contribution in [2.45, 2.75) is 4.90 Å². The van der Waals surface area contributed by atoms with Crippen LogP contribution in [0.15, 0.2) is 35.2 Å². The van der Waals surface area contributed by atoms with Crippen LogP contribution in [0.2, 0.25) is 0 Å². The van der Waals surface area contributed by atoms with E-state index in [1.807, 2.05) is 0 Å². The van der Waals surface area contributed by atoms with E-state index in [0.29, 0.717) is 16.5 Å². The van der Waals surface area contributed by atoms with Gasteiger partial charge in [0.15, 0.2) is 0 Å². The molecule has 0 fully saturated rings. The van der Waals surface area contributed by atoms with Gasteiger partial charge in [0.25, 0.3) is 10.1 Å². The first-order chi connectivity index (χ1) is 7.38. The minimum atomic E-state index is -4.32. The summed E-state index contributed by atoms with van der Waals surface area (Å²) in [6, 6.07) is 6.92. The molecule has 0 saturated heterocycles. The maximum absolute atomic E-state index is 10.9. The first kappa shape index (κ1) is 14.3. The SMILES string of the molecule is Nc1ccc2cc(S(=O)(=O)O)cc(O)c2c1.[H-].[Na+]. The summed E-state index contributed by atoms with van der Waals surface area (Å²) in [7, 11) is -4.32. The number of phenolic OH excluding ortho intramolecular Hbond substituents is 1. The summed E-state index contributed by atoms with van der Waals surface area (Å²) in [6.07, 6.45) is 0. The average molecular weight is 263 g/mol. The van der Waals surface area contributed by atoms with Crippen molar-refractivity contribution in [1.29, 1.82) is 0 Å². The van der Waals surface area contributed by atoms with Crippen molar-refractivity contribution in [1.82, 2.24) is 0 Å². The van der Waals surface area contributed by atoms with Crippen LogP contribution in [-0.4, -0.2) is 18.1 Å². The Morgan fingerprint density at radius 2 is 1.82 bits per heavy atom. The normalized spacial score (nSPS) is 11.1. The van der Waals surface area contributed by atoms with Crippen molar-refractivity contribution in [3.63, 3.8) is 0 Å². The largest absolute Gasteiger partial charge is 1.00 e. The molecule has 0 aromatic heterocycles. The molecule has 7 heteroatoms. The standard InChI is InChI=1S/C10H9NO4S.Na.H/c11-7-2-1-6-3-8(16(13,14)15)5-10(12)9(6)4-7;;/h1-5,12H,11H2,(H,13,14,15);;/q;+1;-1. The molecule has 0 radical (unpaired) electrons. The second-order valence-corrected chi connectivity index (χ2v) is 4.82. The van der Waals surface area contributed by atoms with Gasteiger partial charge in [0, 0.05) is 17.1 Å². The van der Waals surface area contributed by atoms with Gasteiger partial charge in [0.05, 0.1) is 4.90 Å². The molecular weight excluding hydrogens is 253 g/mol. The van der Waals surface area contributed by atoms with E-state index in [1.165, 1.54) is 12.1 Å². The zero-order valence-electron chi connectivity index (χ0n) is 10.1. The van der Waals surface area contributed by atoms with Crippen molar-refractivity contribution in [3.05, 3.63) is 30.3 Å². The molecule has 0 spiro atoms. The molecule has 0 aliphatic rings. The molecule has 0 aliphatic heterocycles. The van der Waals surface area contributed by atoms with Crippen LogP contribution in [0.4, 0.5) is 5.69 Å². The minimum absolute atomic E-state index is 0. The van der Waals surface area contributed by atoms with Crippen LogP contribution >= 0.6 is 0 Å². The molecule has 0 heterocycles. The Kier molecular flexibility index (Phi) is 4.06. The van der Waals surface area contributed by atoms with Crippen LogP contribution in [0.5, 0.6) is 5.75 Å². The first-order valence-electron chi connectivity index (χ1n) is 4.38. The van der Waals surface area contributed by atoms with Crippen molar-refractivity contribution in [2.24, 2.45) is 0 Å². The van der Waals surface area contributed by atoms with E-state index in [0.717, 1.165) is 6.07 Å². The van der Waals surface area contributed by atoms with Gasteiger partial charge in [-0.25, -0.2) is 0 Å². The fourth-order valence-electron chi connectivity index (χ4n) is 1.48. The van der Waals surface area contributed by atoms with Crippen molar-refractivity contribution >= 4 is 26.6 Å². The van der Waals surface area contributed by atoms with Gasteiger partial charge in [0.2, 0.25) is 0 Å². The molecule has 5 nitrogen and oxygen atoms in total. The summed E-state index contributed by atoms with van der Waals surface area (Å²) in [4.78, 5) is -0.345. The summed E-state index contributed by atoms with van der Waals surface area (Å²) >= 11 is 0. The third kappa shape index (κ3) is 2.91. The van der Waals surface area contributed by atoms with Gasteiger partial charge in [-0.05, 0) is 23.6 Å². The van der Waals surface area contributed by atoms with E-state index < -0.39 is 10.1 Å². The minimum Gasteiger partial charge on any atom is -1.00 e. The number of fused-ring (bicyclic) bond motifs is 1. The molecule has 4 N–H and O–H groups in total. The van der Waals surface area contributed by atoms with E-state index in [2.05, 4.69) is 0 Å². The van der Waals surface area contributed by atoms with Gasteiger partial charge in [-0.3, -0.25) is 4.55 Å². The molecule has 2 aromatic rings. The number of nitrogens with two attached hydrogens (primary N) is 1. The van der Waals surface area contributed by atoms with Gasteiger partial charge < -0.3 is 12.3 Å². The van der Waals surface area contributed by atoms with E-state index in [9.17, 15) is 13.5 Å². The third-order valence-corrected chi connectivity index (χ3v) is 3.06. The van der Waals surface area contributed by atoms with Gasteiger partial charge in [0.1, 0.15) is 5.75 Å². The Morgan fingerprint density at radius 1 is 1.18 bits per heavy atom. The number of hydrogen-bond donors (Lipinski definition) is 3. The van der Waals surface area contributed by atoms with E-state index >= 15 is 0 Å². The average Bonchev–Trinajstić information content (AvgIpc) is 2.17. The topological polar surface area (TPSA) is 101 Å². The van der Waals surface area contributed by atoms with E-state index in [-0.39, 0.29) is 41.6 Å². The zero-order chi connectivity index (χ0) is 11.9. The number of benzene rings is 2. The van der Waals surface area contributed by atoms with Crippen molar-refractivity contribution in [3.8, 4) is 5.75 Å². The molecule has 0 atom stereocenters. The summed E-state index contributed by atoms with van der Waals surface area (Å²) in [5.74, 6) is -0.238. The molecule has 2 rings (SSSR count). The Hall–Kier alpha value is -0.790. The number of nitrogen functional groups attached to an aromatic ring is 1. The number of rotatable bonds is 1. The van der Waals surface area contributed by atoms with Gasteiger partial charge >= 0.3 is 29.6 Å². The number of aromatic hydroxyl groups is 1. The quantitative estimate of drug-likeness (QED) is 0.330. The van der Waals surface area contributed by atoms with Crippen molar-refractivity contribution < 1.29 is 49.1 Å². The van der Waals surface area contributed by atoms with Crippen LogP contribution in [0.1, 0.15) is 1.43 Å². The smallest absolute Gasteiger partial charge is 1.00 e. The fourth-order valence-corrected chi connectivity index (χ4v) is 2.01. The molecule has 0 unspecified atom stereocenters. The molecular formula is C10H10NNaO4S. The zero-order valence-corrected chi connectivity index (χ0v) is 11.9. The molecule has 0 aliphatic carbocycles. The fraction of sp³-hybridized carbons (Fsp3) is 0. The van der Waals surface area contributed by atoms with Gasteiger partial charge in [-0.15, -0.1) is 0 Å². The number of hydrogen-bond acceptors (Lipinski definition) is 4. The maximum atomic E-state index is 10.9. The van der Waals surface area contributed by atoms with Gasteiger partial charge in [-0.1, -0.05) is 6.07 Å². The summed E-state index contributed by atoms with van der Waals surface area (Å²) in [5.41, 5.74) is 6.00. The van der Waals surface area contributed by atoms with E-state index in [1.54, 1.807) is 12.1 Å². The van der Waals surface area contributed by atoms with Crippen LogP contribution in [-0.2, 0) is 10.1 Å². The Balaban J connectivity index is 0.00000144. The Bertz CT molecular complexity index is 675. The summed E-state index contributed by atoms with van der Waals surface area (Å²) in [6.45, 7) is 0. The van der Waals surface area contributed by atoms with Crippen LogP contribution in [0.25, 0.3) is 10.8 Å². The monoisotopic (exact) mass is 263 g/mol. The molecule has 0 amide bonds. The molecule has 86 valence electrons. The summed E-state index contributed by atoms with van der Waals surface area (Å²) in [5, 5.41) is 10.5. The number of anilines is 1.